The Kier molecular flexibility index (Phi) is 8.56. The van der Waals surface area contributed by atoms with E-state index in [2.05, 4.69) is 6.58 Å². The highest BCUT2D eigenvalue weighted by atomic mass is 31.2. The number of rotatable bonds is 10. The van der Waals surface area contributed by atoms with Crippen LogP contribution in [0.1, 0.15) is 27.2 Å². The van der Waals surface area contributed by atoms with Crippen molar-refractivity contribution >= 4 is 19.3 Å². The van der Waals surface area contributed by atoms with E-state index in [1.165, 1.54) is 13.0 Å². The van der Waals surface area contributed by atoms with Gasteiger partial charge in [-0.1, -0.05) is 12.7 Å². The maximum Gasteiger partial charge on any atom is 0.338 e. The van der Waals surface area contributed by atoms with Gasteiger partial charge in [0.05, 0.1) is 13.2 Å². The van der Waals surface area contributed by atoms with Gasteiger partial charge in [0.2, 0.25) is 0 Å². The molecule has 6 nitrogen and oxygen atoms in total. The monoisotopic (exact) mass is 292 g/mol. The topological polar surface area (TPSA) is 78.9 Å². The number of Topliss-reactive ketones (excluding diaryl/α,β-unsaturated/α-hetero) is 1. The van der Waals surface area contributed by atoms with Gasteiger partial charge in [0.15, 0.2) is 0 Å². The largest absolute Gasteiger partial charge is 0.458 e. The molecule has 0 N–H and O–H groups in total. The van der Waals surface area contributed by atoms with Gasteiger partial charge in [-0.2, -0.15) is 0 Å². The summed E-state index contributed by atoms with van der Waals surface area (Å²) in [6.45, 7) is 8.44. The number of carbonyl (C=O) groups excluding carboxylic acids is 2. The van der Waals surface area contributed by atoms with Gasteiger partial charge in [0, 0.05) is 13.3 Å². The van der Waals surface area contributed by atoms with E-state index in [-0.39, 0.29) is 31.6 Å². The Morgan fingerprint density at radius 1 is 1.26 bits per heavy atom. The molecule has 0 fully saturated rings. The second-order valence-corrected chi connectivity index (χ2v) is 5.79. The lowest BCUT2D eigenvalue weighted by Gasteiger charge is -2.17. The summed E-state index contributed by atoms with van der Waals surface area (Å²) < 4.78 is 27.0. The van der Waals surface area contributed by atoms with Crippen LogP contribution in [-0.4, -0.2) is 37.2 Å². The van der Waals surface area contributed by atoms with Gasteiger partial charge in [0.1, 0.15) is 18.0 Å². The molecule has 0 aliphatic rings. The molecular formula is C12H21O6P. The van der Waals surface area contributed by atoms with Crippen molar-refractivity contribution in [3.63, 3.8) is 0 Å². The minimum Gasteiger partial charge on any atom is -0.458 e. The second-order valence-electron chi connectivity index (χ2n) is 3.73. The molecule has 110 valence electrons. The van der Waals surface area contributed by atoms with Crippen molar-refractivity contribution in [3.8, 4) is 0 Å². The number of ether oxygens (including phenoxy) is 1. The molecule has 0 aromatic rings. The highest BCUT2D eigenvalue weighted by molar-refractivity contribution is 7.54. The van der Waals surface area contributed by atoms with Gasteiger partial charge < -0.3 is 13.8 Å². The zero-order valence-corrected chi connectivity index (χ0v) is 12.5. The van der Waals surface area contributed by atoms with Crippen LogP contribution in [0.4, 0.5) is 0 Å². The quantitative estimate of drug-likeness (QED) is 0.349. The van der Waals surface area contributed by atoms with Crippen molar-refractivity contribution < 1.29 is 27.9 Å². The van der Waals surface area contributed by atoms with E-state index in [4.69, 9.17) is 13.8 Å². The lowest BCUT2D eigenvalue weighted by atomic mass is 10.2. The first kappa shape index (κ1) is 18.0. The molecule has 0 bridgehead atoms. The zero-order chi connectivity index (χ0) is 14.9. The summed E-state index contributed by atoms with van der Waals surface area (Å²) in [6.07, 6.45) is 0.209. The normalized spacial score (nSPS) is 12.8. The zero-order valence-electron chi connectivity index (χ0n) is 11.6. The summed E-state index contributed by atoms with van der Waals surface area (Å²) >= 11 is 0. The highest BCUT2D eigenvalue weighted by Gasteiger charge is 2.28. The molecule has 0 heterocycles. The molecule has 1 atom stereocenters. The summed E-state index contributed by atoms with van der Waals surface area (Å²) in [5.41, 5.74) is 0. The first-order chi connectivity index (χ1) is 8.86. The van der Waals surface area contributed by atoms with E-state index in [9.17, 15) is 14.2 Å². The van der Waals surface area contributed by atoms with E-state index in [0.29, 0.717) is 0 Å². The number of ketones is 1. The van der Waals surface area contributed by atoms with Crippen molar-refractivity contribution in [2.75, 3.05) is 19.4 Å². The van der Waals surface area contributed by atoms with E-state index in [1.54, 1.807) is 13.8 Å². The fraction of sp³-hybridized carbons (Fsp3) is 0.667. The van der Waals surface area contributed by atoms with Crippen LogP contribution < -0.4 is 0 Å². The van der Waals surface area contributed by atoms with Crippen LogP contribution in [0.15, 0.2) is 12.7 Å². The molecule has 0 amide bonds. The molecule has 0 saturated carbocycles. The molecule has 0 saturated heterocycles. The van der Waals surface area contributed by atoms with Gasteiger partial charge in [0.25, 0.3) is 0 Å². The molecule has 0 spiro atoms. The Labute approximate surface area is 113 Å². The van der Waals surface area contributed by atoms with Crippen LogP contribution in [0.2, 0.25) is 0 Å². The van der Waals surface area contributed by atoms with Gasteiger partial charge in [-0.25, -0.2) is 0 Å². The lowest BCUT2D eigenvalue weighted by molar-refractivity contribution is -0.145. The van der Waals surface area contributed by atoms with E-state index < -0.39 is 19.7 Å². The van der Waals surface area contributed by atoms with Crippen molar-refractivity contribution in [2.24, 2.45) is 0 Å². The molecule has 1 unspecified atom stereocenters. The van der Waals surface area contributed by atoms with Crippen LogP contribution in [0, 0.1) is 0 Å². The highest BCUT2D eigenvalue weighted by Crippen LogP contribution is 2.48. The Morgan fingerprint density at radius 2 is 1.79 bits per heavy atom. The van der Waals surface area contributed by atoms with E-state index in [0.717, 1.165) is 0 Å². The van der Waals surface area contributed by atoms with Crippen molar-refractivity contribution in [1.82, 2.24) is 0 Å². The Morgan fingerprint density at radius 3 is 2.16 bits per heavy atom. The van der Waals surface area contributed by atoms with Gasteiger partial charge in [-0.05, 0) is 13.8 Å². The first-order valence-electron chi connectivity index (χ1n) is 6.06. The molecule has 0 aliphatic heterocycles. The summed E-state index contributed by atoms with van der Waals surface area (Å²) in [5, 5.41) is 0. The van der Waals surface area contributed by atoms with E-state index in [1.807, 2.05) is 0 Å². The maximum absolute atomic E-state index is 12.1. The van der Waals surface area contributed by atoms with Crippen molar-refractivity contribution in [3.05, 3.63) is 12.7 Å². The van der Waals surface area contributed by atoms with Crippen LogP contribution in [0.25, 0.3) is 0 Å². The summed E-state index contributed by atoms with van der Waals surface area (Å²) in [4.78, 5) is 22.6. The van der Waals surface area contributed by atoms with Crippen LogP contribution >= 0.6 is 7.60 Å². The fourth-order valence-electron chi connectivity index (χ4n) is 1.41. The number of hydrogen-bond acceptors (Lipinski definition) is 6. The molecule has 0 radical (unpaired) electrons. The SMILES string of the molecule is C=CC(CC(=O)CP(=O)(OCC)OCC)OC(C)=O. The summed E-state index contributed by atoms with van der Waals surface area (Å²) in [5.74, 6) is -0.869. The van der Waals surface area contributed by atoms with E-state index >= 15 is 0 Å². The molecule has 0 rings (SSSR count). The smallest absolute Gasteiger partial charge is 0.338 e. The first-order valence-corrected chi connectivity index (χ1v) is 7.79. The summed E-state index contributed by atoms with van der Waals surface area (Å²) in [7, 11) is -3.40. The van der Waals surface area contributed by atoms with Gasteiger partial charge >= 0.3 is 13.6 Å². The standard InChI is InChI=1S/C12H21O6P/c1-5-12(18-10(4)13)8-11(14)9-19(15,16-6-2)17-7-3/h5,12H,1,6-9H2,2-4H3. The lowest BCUT2D eigenvalue weighted by Crippen LogP contribution is -2.20. The average Bonchev–Trinajstić information content (AvgIpc) is 2.27. The number of esters is 1. The van der Waals surface area contributed by atoms with Crippen molar-refractivity contribution in [2.45, 2.75) is 33.3 Å². The molecule has 0 aromatic heterocycles. The average molecular weight is 292 g/mol. The second kappa shape index (κ2) is 9.02. The summed E-state index contributed by atoms with van der Waals surface area (Å²) in [6, 6.07) is 0. The van der Waals surface area contributed by atoms with Crippen molar-refractivity contribution in [1.29, 1.82) is 0 Å². The fourth-order valence-corrected chi connectivity index (χ4v) is 3.02. The minimum absolute atomic E-state index is 0.0901. The predicted molar refractivity (Wildman–Crippen MR) is 71.1 cm³/mol. The third-order valence-corrected chi connectivity index (χ3v) is 4.07. The third kappa shape index (κ3) is 7.93. The Balaban J connectivity index is 4.51. The third-order valence-electron chi connectivity index (χ3n) is 2.03. The molecule has 7 heteroatoms. The Hall–Kier alpha value is -0.970. The molecule has 0 aliphatic carbocycles. The predicted octanol–water partition coefficient (Wildman–Crippen LogP) is 2.33. The maximum atomic E-state index is 12.1. The molecular weight excluding hydrogens is 271 g/mol. The van der Waals surface area contributed by atoms with Crippen LogP contribution in [0.5, 0.6) is 0 Å². The minimum atomic E-state index is -3.40. The van der Waals surface area contributed by atoms with Gasteiger partial charge in [-0.3, -0.25) is 14.2 Å². The van der Waals surface area contributed by atoms with Crippen LogP contribution in [-0.2, 0) is 27.9 Å². The Bertz CT molecular complexity index is 355. The molecule has 0 aromatic carbocycles. The number of carbonyl (C=O) groups is 2. The van der Waals surface area contributed by atoms with Crippen LogP contribution in [0.3, 0.4) is 0 Å². The molecule has 19 heavy (non-hydrogen) atoms. The number of hydrogen-bond donors (Lipinski definition) is 0. The van der Waals surface area contributed by atoms with Gasteiger partial charge in [-0.15, -0.1) is 0 Å².